The number of nitrogens with zero attached hydrogens (tertiary/aromatic N) is 2. The van der Waals surface area contributed by atoms with Crippen LogP contribution in [0, 0.1) is 21.4 Å². The smallest absolute Gasteiger partial charge is 0.407 e. The average Bonchev–Trinajstić information content (AvgIpc) is 3.20. The van der Waals surface area contributed by atoms with Crippen LogP contribution in [-0.4, -0.2) is 40.5 Å². The molecule has 1 aliphatic carbocycles. The molecule has 2 unspecified atom stereocenters. The number of hydrogen-bond acceptors (Lipinski definition) is 7. The first-order valence-electron chi connectivity index (χ1n) is 11.0. The number of nitrogens with one attached hydrogen (secondary N) is 1. The largest absolute Gasteiger partial charge is 0.449 e. The lowest BCUT2D eigenvalue weighted by molar-refractivity contribution is -0.385. The number of rotatable bonds is 8. The molecule has 0 bridgehead atoms. The van der Waals surface area contributed by atoms with Crippen molar-refractivity contribution in [2.24, 2.45) is 0 Å². The van der Waals surface area contributed by atoms with E-state index in [-0.39, 0.29) is 36.6 Å². The predicted octanol–water partition coefficient (Wildman–Crippen LogP) is 3.79. The fraction of sp³-hybridized carbons (Fsp3) is 0.231. The first-order chi connectivity index (χ1) is 16.9. The fourth-order valence-corrected chi connectivity index (χ4v) is 4.33. The minimum absolute atomic E-state index is 0.0147. The Hall–Kier alpha value is -4.26. The highest BCUT2D eigenvalue weighted by Crippen LogP contribution is 2.44. The summed E-state index contributed by atoms with van der Waals surface area (Å²) < 4.78 is 5.43. The summed E-state index contributed by atoms with van der Waals surface area (Å²) in [5.74, 6) is -0.0762. The number of hydrogen-bond donors (Lipinski definition) is 3. The molecule has 0 aliphatic heterocycles. The number of nitro groups is 1. The lowest BCUT2D eigenvalue weighted by atomic mass is 9.98. The average molecular weight is 473 g/mol. The van der Waals surface area contributed by atoms with Gasteiger partial charge >= 0.3 is 6.09 Å². The maximum atomic E-state index is 12.3. The zero-order valence-corrected chi connectivity index (χ0v) is 18.6. The molecule has 4 rings (SSSR count). The summed E-state index contributed by atoms with van der Waals surface area (Å²) in [6, 6.07) is 21.3. The van der Waals surface area contributed by atoms with Crippen LogP contribution in [-0.2, 0) is 4.74 Å². The van der Waals surface area contributed by atoms with Crippen molar-refractivity contribution in [2.45, 2.75) is 24.5 Å². The third-order valence-electron chi connectivity index (χ3n) is 6.10. The molecule has 9 nitrogen and oxygen atoms in total. The van der Waals surface area contributed by atoms with Crippen LogP contribution in [0.25, 0.3) is 11.1 Å². The molecule has 0 saturated carbocycles. The number of fused-ring (bicyclic) bond motifs is 3. The van der Waals surface area contributed by atoms with E-state index in [0.717, 1.165) is 28.3 Å². The Morgan fingerprint density at radius 2 is 1.71 bits per heavy atom. The molecule has 0 radical (unpaired) electrons. The minimum Gasteiger partial charge on any atom is -0.449 e. The van der Waals surface area contributed by atoms with E-state index in [0.29, 0.717) is 0 Å². The van der Waals surface area contributed by atoms with Crippen LogP contribution < -0.4 is 5.32 Å². The normalized spacial score (nSPS) is 13.7. The molecule has 35 heavy (non-hydrogen) atoms. The van der Waals surface area contributed by atoms with Gasteiger partial charge in [-0.25, -0.2) is 4.79 Å². The second-order valence-electron chi connectivity index (χ2n) is 8.20. The molecule has 1 amide bonds. The number of carbonyl (C=O) groups excluding carboxylic acids is 1. The predicted molar refractivity (Wildman–Crippen MR) is 126 cm³/mol. The number of ether oxygens (including phenoxy) is 1. The Labute approximate surface area is 201 Å². The van der Waals surface area contributed by atoms with Crippen molar-refractivity contribution in [1.29, 1.82) is 5.26 Å². The summed E-state index contributed by atoms with van der Waals surface area (Å²) in [5.41, 5.74) is 3.94. The molecule has 3 aromatic rings. The third kappa shape index (κ3) is 4.99. The van der Waals surface area contributed by atoms with E-state index in [1.807, 2.05) is 48.5 Å². The summed E-state index contributed by atoms with van der Waals surface area (Å²) in [4.78, 5) is 22.6. The number of aliphatic hydroxyl groups is 2. The highest BCUT2D eigenvalue weighted by molar-refractivity contribution is 5.79. The molecule has 0 spiro atoms. The second-order valence-corrected chi connectivity index (χ2v) is 8.20. The molecule has 3 N–H and O–H groups in total. The topological polar surface area (TPSA) is 146 Å². The maximum absolute atomic E-state index is 12.3. The van der Waals surface area contributed by atoms with Crippen molar-refractivity contribution >= 4 is 11.8 Å². The molecular formula is C26H23N3O6. The number of nitriles is 1. The van der Waals surface area contributed by atoms with Crippen LogP contribution in [0.1, 0.15) is 40.7 Å². The standard InChI is InChI=1S/C26H23N3O6/c27-14-17-10-9-16(13-23(17)29(33)34)25(31)24(30)11-12-28-26(32)35-15-22-20-7-3-1-5-18(20)19-6-2-4-8-21(19)22/h1-10,13,22,24-25,30-31H,11-12,15H2,(H,28,32). The Kier molecular flexibility index (Phi) is 7.06. The Morgan fingerprint density at radius 3 is 2.31 bits per heavy atom. The van der Waals surface area contributed by atoms with Gasteiger partial charge in [0.25, 0.3) is 5.69 Å². The van der Waals surface area contributed by atoms with Crippen LogP contribution in [0.3, 0.4) is 0 Å². The summed E-state index contributed by atoms with van der Waals surface area (Å²) in [5, 5.41) is 43.3. The number of carbonyl (C=O) groups is 1. The summed E-state index contributed by atoms with van der Waals surface area (Å²) in [6.07, 6.45) is -3.39. The van der Waals surface area contributed by atoms with E-state index in [1.165, 1.54) is 12.1 Å². The summed E-state index contributed by atoms with van der Waals surface area (Å²) >= 11 is 0. The lowest BCUT2D eigenvalue weighted by Gasteiger charge is -2.19. The van der Waals surface area contributed by atoms with Gasteiger partial charge in [0.2, 0.25) is 0 Å². The lowest BCUT2D eigenvalue weighted by Crippen LogP contribution is -2.30. The molecule has 3 aromatic carbocycles. The van der Waals surface area contributed by atoms with Gasteiger partial charge in [0.1, 0.15) is 24.3 Å². The van der Waals surface area contributed by atoms with E-state index in [9.17, 15) is 25.1 Å². The van der Waals surface area contributed by atoms with Crippen LogP contribution >= 0.6 is 0 Å². The van der Waals surface area contributed by atoms with E-state index in [2.05, 4.69) is 5.32 Å². The zero-order valence-electron chi connectivity index (χ0n) is 18.6. The van der Waals surface area contributed by atoms with E-state index in [1.54, 1.807) is 6.07 Å². The van der Waals surface area contributed by atoms with Gasteiger partial charge in [-0.3, -0.25) is 10.1 Å². The molecule has 0 saturated heterocycles. The molecule has 1 aliphatic rings. The number of benzene rings is 3. The van der Waals surface area contributed by atoms with Crippen LogP contribution in [0.5, 0.6) is 0 Å². The highest BCUT2D eigenvalue weighted by atomic mass is 16.6. The molecule has 0 heterocycles. The molecular weight excluding hydrogens is 450 g/mol. The number of nitro benzene ring substituents is 1. The molecule has 2 atom stereocenters. The van der Waals surface area contributed by atoms with E-state index >= 15 is 0 Å². The Balaban J connectivity index is 1.30. The van der Waals surface area contributed by atoms with Crippen molar-refractivity contribution in [2.75, 3.05) is 13.2 Å². The first-order valence-corrected chi connectivity index (χ1v) is 11.0. The zero-order chi connectivity index (χ0) is 24.9. The molecule has 0 aromatic heterocycles. The molecule has 178 valence electrons. The van der Waals surface area contributed by atoms with Gasteiger partial charge in [-0.2, -0.15) is 5.26 Å². The molecule has 0 fully saturated rings. The van der Waals surface area contributed by atoms with Crippen molar-refractivity contribution in [3.63, 3.8) is 0 Å². The monoisotopic (exact) mass is 473 g/mol. The van der Waals surface area contributed by atoms with Crippen LogP contribution in [0.15, 0.2) is 66.7 Å². The fourth-order valence-electron chi connectivity index (χ4n) is 4.33. The van der Waals surface area contributed by atoms with Crippen molar-refractivity contribution in [3.8, 4) is 17.2 Å². The Bertz CT molecular complexity index is 1260. The van der Waals surface area contributed by atoms with Gasteiger partial charge in [0.05, 0.1) is 11.0 Å². The maximum Gasteiger partial charge on any atom is 0.407 e. The number of amides is 1. The number of aliphatic hydroxyl groups excluding tert-OH is 2. The van der Waals surface area contributed by atoms with E-state index in [4.69, 9.17) is 10.00 Å². The van der Waals surface area contributed by atoms with Crippen molar-refractivity contribution in [1.82, 2.24) is 5.32 Å². The van der Waals surface area contributed by atoms with Gasteiger partial charge in [-0.05, 0) is 40.3 Å². The SMILES string of the molecule is N#Cc1ccc(C(O)C(O)CCNC(=O)OCC2c3ccccc3-c3ccccc32)cc1[N+](=O)[O-]. The quantitative estimate of drug-likeness (QED) is 0.333. The third-order valence-corrected chi connectivity index (χ3v) is 6.10. The van der Waals surface area contributed by atoms with Crippen molar-refractivity contribution < 1.29 is 24.7 Å². The molecule has 9 heteroatoms. The van der Waals surface area contributed by atoms with Gasteiger partial charge < -0.3 is 20.3 Å². The van der Waals surface area contributed by atoms with Gasteiger partial charge in [0, 0.05) is 18.5 Å². The van der Waals surface area contributed by atoms with E-state index < -0.39 is 28.9 Å². The van der Waals surface area contributed by atoms with Gasteiger partial charge in [-0.15, -0.1) is 0 Å². The number of alkyl carbamates (subject to hydrolysis) is 1. The van der Waals surface area contributed by atoms with Crippen LogP contribution in [0.4, 0.5) is 10.5 Å². The van der Waals surface area contributed by atoms with Crippen LogP contribution in [0.2, 0.25) is 0 Å². The summed E-state index contributed by atoms with van der Waals surface area (Å²) in [7, 11) is 0. The Morgan fingerprint density at radius 1 is 1.09 bits per heavy atom. The second kappa shape index (κ2) is 10.3. The minimum atomic E-state index is -1.43. The first kappa shape index (κ1) is 23.9. The summed E-state index contributed by atoms with van der Waals surface area (Å²) in [6.45, 7) is 0.174. The van der Waals surface area contributed by atoms with Crippen molar-refractivity contribution in [3.05, 3.63) is 99.1 Å². The van der Waals surface area contributed by atoms with Gasteiger partial charge in [-0.1, -0.05) is 54.6 Å². The highest BCUT2D eigenvalue weighted by Gasteiger charge is 2.29. The van der Waals surface area contributed by atoms with Gasteiger partial charge in [0.15, 0.2) is 0 Å².